The summed E-state index contributed by atoms with van der Waals surface area (Å²) in [6.45, 7) is 0.142. The van der Waals surface area contributed by atoms with Crippen LogP contribution in [0.1, 0.15) is 16.8 Å². The lowest BCUT2D eigenvalue weighted by Crippen LogP contribution is -2.45. The molecule has 28 heavy (non-hydrogen) atoms. The number of methoxy groups -OCH3 is 1. The summed E-state index contributed by atoms with van der Waals surface area (Å²) in [6.07, 6.45) is 0.00344. The van der Waals surface area contributed by atoms with Crippen LogP contribution in [-0.4, -0.2) is 31.4 Å². The molecule has 0 unspecified atom stereocenters. The van der Waals surface area contributed by atoms with Crippen LogP contribution in [0.3, 0.4) is 0 Å². The summed E-state index contributed by atoms with van der Waals surface area (Å²) in [6, 6.07) is 11.4. The van der Waals surface area contributed by atoms with E-state index >= 15 is 0 Å². The summed E-state index contributed by atoms with van der Waals surface area (Å²) in [5.74, 6) is -1.42. The molecule has 3 rings (SSSR count). The Bertz CT molecular complexity index is 935. The first-order chi connectivity index (χ1) is 13.4. The van der Waals surface area contributed by atoms with Crippen molar-refractivity contribution in [2.45, 2.75) is 6.42 Å². The fraction of sp³-hybridized carbons (Fsp3) is 0.211. The van der Waals surface area contributed by atoms with Gasteiger partial charge in [-0.15, -0.1) is 0 Å². The van der Waals surface area contributed by atoms with E-state index in [1.54, 1.807) is 36.4 Å². The van der Waals surface area contributed by atoms with Gasteiger partial charge in [0.25, 0.3) is 5.91 Å². The summed E-state index contributed by atoms with van der Waals surface area (Å²) in [4.78, 5) is 38.4. The van der Waals surface area contributed by atoms with Crippen LogP contribution in [0.4, 0.5) is 5.69 Å². The van der Waals surface area contributed by atoms with Crippen molar-refractivity contribution in [2.24, 2.45) is 5.92 Å². The van der Waals surface area contributed by atoms with Crippen LogP contribution < -0.4 is 20.5 Å². The van der Waals surface area contributed by atoms with Gasteiger partial charge in [-0.05, 0) is 30.3 Å². The zero-order chi connectivity index (χ0) is 20.3. The minimum atomic E-state index is -0.636. The fourth-order valence-electron chi connectivity index (χ4n) is 2.92. The van der Waals surface area contributed by atoms with Crippen LogP contribution in [0.25, 0.3) is 0 Å². The molecule has 9 heteroatoms. The molecule has 1 aliphatic rings. The average molecular weight is 422 g/mol. The van der Waals surface area contributed by atoms with Crippen LogP contribution in [0, 0.1) is 5.92 Å². The second kappa shape index (κ2) is 8.50. The second-order valence-electron chi connectivity index (χ2n) is 6.14. The van der Waals surface area contributed by atoms with Crippen molar-refractivity contribution in [3.05, 3.63) is 58.1 Å². The smallest absolute Gasteiger partial charge is 0.271 e. The Hall–Kier alpha value is -2.77. The minimum absolute atomic E-state index is 0.00344. The molecular formula is C19H17Cl2N3O4. The van der Waals surface area contributed by atoms with E-state index in [1.165, 1.54) is 18.1 Å². The minimum Gasteiger partial charge on any atom is -0.495 e. The van der Waals surface area contributed by atoms with Crippen LogP contribution in [-0.2, 0) is 9.59 Å². The molecule has 7 nitrogen and oxygen atoms in total. The number of carbonyl (C=O) groups is 3. The molecule has 146 valence electrons. The molecule has 0 bridgehead atoms. The van der Waals surface area contributed by atoms with Gasteiger partial charge in [0.1, 0.15) is 5.75 Å². The summed E-state index contributed by atoms with van der Waals surface area (Å²) < 4.78 is 5.27. The summed E-state index contributed by atoms with van der Waals surface area (Å²) in [5, 5.41) is 0.716. The zero-order valence-corrected chi connectivity index (χ0v) is 16.4. The van der Waals surface area contributed by atoms with E-state index in [9.17, 15) is 14.4 Å². The first kappa shape index (κ1) is 20.0. The monoisotopic (exact) mass is 421 g/mol. The van der Waals surface area contributed by atoms with E-state index in [0.717, 1.165) is 0 Å². The third-order valence-corrected chi connectivity index (χ3v) is 4.91. The van der Waals surface area contributed by atoms with Crippen molar-refractivity contribution in [3.8, 4) is 5.75 Å². The van der Waals surface area contributed by atoms with Crippen LogP contribution in [0.2, 0.25) is 10.0 Å². The van der Waals surface area contributed by atoms with E-state index in [0.29, 0.717) is 16.5 Å². The highest BCUT2D eigenvalue weighted by Gasteiger charge is 2.36. The Labute approximate surface area is 171 Å². The molecule has 2 aromatic rings. The number of anilines is 1. The van der Waals surface area contributed by atoms with Crippen LogP contribution >= 0.6 is 23.2 Å². The van der Waals surface area contributed by atoms with Gasteiger partial charge in [0.15, 0.2) is 0 Å². The number of hydrazine groups is 1. The van der Waals surface area contributed by atoms with E-state index in [4.69, 9.17) is 27.9 Å². The molecule has 1 atom stereocenters. The Kier molecular flexibility index (Phi) is 6.06. The normalized spacial score (nSPS) is 16.0. The molecule has 1 fully saturated rings. The molecule has 0 aliphatic carbocycles. The Morgan fingerprint density at radius 1 is 1.14 bits per heavy atom. The third-order valence-electron chi connectivity index (χ3n) is 4.35. The SMILES string of the molecule is COc1ccc(Cl)cc1N1C[C@@H](C(=O)NNC(=O)c2ccccc2Cl)CC1=O. The number of amides is 3. The lowest BCUT2D eigenvalue weighted by atomic mass is 10.1. The number of benzene rings is 2. The topological polar surface area (TPSA) is 87.7 Å². The van der Waals surface area contributed by atoms with E-state index in [-0.39, 0.29) is 29.5 Å². The van der Waals surface area contributed by atoms with Gasteiger partial charge < -0.3 is 9.64 Å². The number of nitrogens with zero attached hydrogens (tertiary/aromatic N) is 1. The van der Waals surface area contributed by atoms with E-state index < -0.39 is 17.7 Å². The Balaban J connectivity index is 1.65. The highest BCUT2D eigenvalue weighted by molar-refractivity contribution is 6.33. The quantitative estimate of drug-likeness (QED) is 0.742. The number of rotatable bonds is 4. The Morgan fingerprint density at radius 3 is 2.61 bits per heavy atom. The molecule has 3 amide bonds. The first-order valence-electron chi connectivity index (χ1n) is 8.39. The maximum atomic E-state index is 12.4. The average Bonchev–Trinajstić information content (AvgIpc) is 3.07. The van der Waals surface area contributed by atoms with Gasteiger partial charge in [0, 0.05) is 18.0 Å². The highest BCUT2D eigenvalue weighted by Crippen LogP contribution is 2.35. The lowest BCUT2D eigenvalue weighted by Gasteiger charge is -2.20. The Morgan fingerprint density at radius 2 is 1.89 bits per heavy atom. The van der Waals surface area contributed by atoms with Crippen LogP contribution in [0.15, 0.2) is 42.5 Å². The molecule has 1 heterocycles. The zero-order valence-electron chi connectivity index (χ0n) is 14.9. The van der Waals surface area contributed by atoms with E-state index in [2.05, 4.69) is 10.9 Å². The largest absolute Gasteiger partial charge is 0.495 e. The molecule has 1 saturated heterocycles. The molecule has 2 aromatic carbocycles. The molecule has 0 saturated carbocycles. The molecule has 0 spiro atoms. The van der Waals surface area contributed by atoms with Gasteiger partial charge in [-0.25, -0.2) is 0 Å². The third kappa shape index (κ3) is 4.21. The number of ether oxygens (including phenoxy) is 1. The van der Waals surface area contributed by atoms with Crippen molar-refractivity contribution >= 4 is 46.6 Å². The number of nitrogens with one attached hydrogen (secondary N) is 2. The molecule has 0 radical (unpaired) electrons. The maximum absolute atomic E-state index is 12.4. The summed E-state index contributed by atoms with van der Waals surface area (Å²) >= 11 is 12.0. The van der Waals surface area contributed by atoms with Crippen molar-refractivity contribution in [2.75, 3.05) is 18.6 Å². The number of halogens is 2. The van der Waals surface area contributed by atoms with Gasteiger partial charge in [-0.2, -0.15) is 0 Å². The predicted octanol–water partition coefficient (Wildman–Crippen LogP) is 2.82. The number of carbonyl (C=O) groups excluding carboxylic acids is 3. The van der Waals surface area contributed by atoms with Gasteiger partial charge in [-0.3, -0.25) is 25.2 Å². The van der Waals surface area contributed by atoms with Crippen molar-refractivity contribution < 1.29 is 19.1 Å². The van der Waals surface area contributed by atoms with E-state index in [1.807, 2.05) is 0 Å². The lowest BCUT2D eigenvalue weighted by molar-refractivity contribution is -0.126. The summed E-state index contributed by atoms with van der Waals surface area (Å²) in [7, 11) is 1.49. The van der Waals surface area contributed by atoms with Crippen molar-refractivity contribution in [3.63, 3.8) is 0 Å². The van der Waals surface area contributed by atoms with Crippen molar-refractivity contribution in [1.82, 2.24) is 10.9 Å². The van der Waals surface area contributed by atoms with Gasteiger partial charge in [0.05, 0.1) is 29.3 Å². The first-order valence-corrected chi connectivity index (χ1v) is 9.15. The number of hydrogen-bond acceptors (Lipinski definition) is 4. The molecule has 0 aromatic heterocycles. The highest BCUT2D eigenvalue weighted by atomic mass is 35.5. The van der Waals surface area contributed by atoms with Crippen LogP contribution in [0.5, 0.6) is 5.75 Å². The maximum Gasteiger partial charge on any atom is 0.271 e. The molecule has 1 aliphatic heterocycles. The predicted molar refractivity (Wildman–Crippen MR) is 106 cm³/mol. The standard InChI is InChI=1S/C19H17Cl2N3O4/c1-28-16-7-6-12(20)9-15(16)24-10-11(8-17(24)25)18(26)22-23-19(27)13-4-2-3-5-14(13)21/h2-7,9,11H,8,10H2,1H3,(H,22,26)(H,23,27)/t11-/m0/s1. The van der Waals surface area contributed by atoms with Crippen molar-refractivity contribution in [1.29, 1.82) is 0 Å². The van der Waals surface area contributed by atoms with Gasteiger partial charge in [-0.1, -0.05) is 35.3 Å². The number of hydrogen-bond donors (Lipinski definition) is 2. The molecular weight excluding hydrogens is 405 g/mol. The fourth-order valence-corrected chi connectivity index (χ4v) is 3.31. The van der Waals surface area contributed by atoms with Gasteiger partial charge >= 0.3 is 0 Å². The summed E-state index contributed by atoms with van der Waals surface area (Å²) in [5.41, 5.74) is 5.40. The van der Waals surface area contributed by atoms with Gasteiger partial charge in [0.2, 0.25) is 11.8 Å². The second-order valence-corrected chi connectivity index (χ2v) is 6.99. The molecule has 2 N–H and O–H groups in total.